The monoisotopic (exact) mass is 368 g/mol. The second-order valence-electron chi connectivity index (χ2n) is 7.70. The van der Waals surface area contributed by atoms with Crippen LogP contribution >= 0.6 is 0 Å². The first-order valence-corrected chi connectivity index (χ1v) is 12.1. The molecule has 0 atom stereocenters. The van der Waals surface area contributed by atoms with E-state index in [0.717, 1.165) is 12.8 Å². The van der Waals surface area contributed by atoms with Crippen LogP contribution in [0.25, 0.3) is 0 Å². The molecule has 1 heteroatoms. The van der Waals surface area contributed by atoms with E-state index in [2.05, 4.69) is 98.8 Å². The third-order valence-corrected chi connectivity index (χ3v) is 11.6. The summed E-state index contributed by atoms with van der Waals surface area (Å²) >= 11 is 0. The van der Waals surface area contributed by atoms with E-state index >= 15 is 0 Å². The zero-order valence-corrected chi connectivity index (χ0v) is 17.4. The molecule has 0 heterocycles. The van der Waals surface area contributed by atoms with Gasteiger partial charge in [0.25, 0.3) is 0 Å². The summed E-state index contributed by atoms with van der Waals surface area (Å²) < 4.78 is 0. The maximum Gasteiger partial charge on any atom is 0.172 e. The van der Waals surface area contributed by atoms with Gasteiger partial charge in [-0.05, 0) is 49.9 Å². The van der Waals surface area contributed by atoms with E-state index in [0.29, 0.717) is 0 Å². The number of benzene rings is 2. The summed E-state index contributed by atoms with van der Waals surface area (Å²) in [5.74, 6) is 0. The number of rotatable bonds is 4. The molecule has 0 amide bonds. The van der Waals surface area contributed by atoms with Crippen molar-refractivity contribution in [2.24, 2.45) is 0 Å². The van der Waals surface area contributed by atoms with Crippen LogP contribution in [0.4, 0.5) is 0 Å². The van der Waals surface area contributed by atoms with Crippen LogP contribution in [0.1, 0.15) is 36.8 Å². The SMILES string of the molecule is Cc1ccccc1[Si](C1=CC=CCC1)(C1=CC=CCC1)c1ccccc1C. The van der Waals surface area contributed by atoms with Crippen molar-refractivity contribution in [2.75, 3.05) is 0 Å². The van der Waals surface area contributed by atoms with Gasteiger partial charge in [0, 0.05) is 0 Å². The van der Waals surface area contributed by atoms with Gasteiger partial charge in [0.2, 0.25) is 0 Å². The van der Waals surface area contributed by atoms with Gasteiger partial charge >= 0.3 is 0 Å². The lowest BCUT2D eigenvalue weighted by molar-refractivity contribution is 0.981. The molecule has 0 nitrogen and oxygen atoms in total. The fourth-order valence-electron chi connectivity index (χ4n) is 4.86. The fraction of sp³-hybridized carbons (Fsp3) is 0.231. The maximum atomic E-state index is 2.44. The van der Waals surface area contributed by atoms with Crippen molar-refractivity contribution in [3.05, 3.63) is 107 Å². The van der Waals surface area contributed by atoms with Crippen molar-refractivity contribution in [3.8, 4) is 0 Å². The minimum absolute atomic E-state index is 1.15. The Kier molecular flexibility index (Phi) is 5.13. The van der Waals surface area contributed by atoms with E-state index in [1.807, 2.05) is 0 Å². The predicted molar refractivity (Wildman–Crippen MR) is 120 cm³/mol. The first-order valence-electron chi connectivity index (χ1n) is 10.1. The van der Waals surface area contributed by atoms with Crippen molar-refractivity contribution in [1.29, 1.82) is 0 Å². The van der Waals surface area contributed by atoms with E-state index in [9.17, 15) is 0 Å². The van der Waals surface area contributed by atoms with Gasteiger partial charge in [-0.3, -0.25) is 0 Å². The Morgan fingerprint density at radius 3 is 1.44 bits per heavy atom. The van der Waals surface area contributed by atoms with Gasteiger partial charge in [-0.2, -0.15) is 0 Å². The van der Waals surface area contributed by atoms with Gasteiger partial charge in [0.05, 0.1) is 0 Å². The lowest BCUT2D eigenvalue weighted by Crippen LogP contribution is -2.63. The third-order valence-electron chi connectivity index (χ3n) is 6.09. The third kappa shape index (κ3) is 3.11. The van der Waals surface area contributed by atoms with Gasteiger partial charge in [-0.25, -0.2) is 0 Å². The molecule has 0 saturated carbocycles. The molecule has 0 spiro atoms. The molecule has 2 aromatic rings. The summed E-state index contributed by atoms with van der Waals surface area (Å²) in [5, 5.41) is 6.47. The molecule has 2 aromatic carbocycles. The Balaban J connectivity index is 2.12. The summed E-state index contributed by atoms with van der Waals surface area (Å²) in [6.07, 6.45) is 18.7. The molecular formula is C26H28Si. The highest BCUT2D eigenvalue weighted by molar-refractivity contribution is 7.12. The van der Waals surface area contributed by atoms with Crippen LogP contribution in [0.5, 0.6) is 0 Å². The normalized spacial score (nSPS) is 16.8. The molecule has 0 aromatic heterocycles. The zero-order chi connectivity index (χ0) is 18.7. The Hall–Kier alpha value is -2.38. The van der Waals surface area contributed by atoms with E-state index < -0.39 is 8.07 Å². The minimum atomic E-state index is -2.22. The highest BCUT2D eigenvalue weighted by atomic mass is 28.3. The first kappa shape index (κ1) is 18.0. The van der Waals surface area contributed by atoms with Crippen LogP contribution in [0.15, 0.2) is 95.4 Å². The summed E-state index contributed by atoms with van der Waals surface area (Å²) in [4.78, 5) is 0. The van der Waals surface area contributed by atoms with E-state index in [1.165, 1.54) is 24.0 Å². The van der Waals surface area contributed by atoms with Crippen LogP contribution in [0.2, 0.25) is 0 Å². The van der Waals surface area contributed by atoms with Crippen molar-refractivity contribution in [2.45, 2.75) is 39.5 Å². The van der Waals surface area contributed by atoms with Gasteiger partial charge in [-0.1, -0.05) is 107 Å². The quantitative estimate of drug-likeness (QED) is 0.625. The Morgan fingerprint density at radius 2 is 1.07 bits per heavy atom. The van der Waals surface area contributed by atoms with Gasteiger partial charge in [0.15, 0.2) is 8.07 Å². The van der Waals surface area contributed by atoms with Crippen molar-refractivity contribution >= 4 is 18.4 Å². The van der Waals surface area contributed by atoms with Gasteiger partial charge in [0.1, 0.15) is 0 Å². The summed E-state index contributed by atoms with van der Waals surface area (Å²) in [5.41, 5.74) is 2.86. The first-order chi connectivity index (χ1) is 13.2. The van der Waals surface area contributed by atoms with Crippen molar-refractivity contribution in [1.82, 2.24) is 0 Å². The standard InChI is InChI=1S/C26H28Si/c1-21-13-9-11-19-25(21)27(23-15-5-3-6-16-23,24-17-7-4-8-18-24)26-20-12-10-14-22(26)2/h3-5,7,9-15,17,19-20H,6,8,16,18H2,1-2H3. The number of aryl methyl sites for hydroxylation is 2. The zero-order valence-electron chi connectivity index (χ0n) is 16.4. The van der Waals surface area contributed by atoms with Crippen LogP contribution in [-0.4, -0.2) is 8.07 Å². The van der Waals surface area contributed by atoms with E-state index in [-0.39, 0.29) is 0 Å². The lowest BCUT2D eigenvalue weighted by Gasteiger charge is -2.41. The highest BCUT2D eigenvalue weighted by Crippen LogP contribution is 2.34. The number of allylic oxidation sites excluding steroid dienone is 8. The second-order valence-corrected chi connectivity index (χ2v) is 11.6. The molecule has 0 fully saturated rings. The summed E-state index contributed by atoms with van der Waals surface area (Å²) in [6.45, 7) is 4.60. The Morgan fingerprint density at radius 1 is 0.630 bits per heavy atom. The molecule has 0 saturated heterocycles. The Labute approximate surface area is 164 Å². The van der Waals surface area contributed by atoms with E-state index in [4.69, 9.17) is 0 Å². The predicted octanol–water partition coefficient (Wildman–Crippen LogP) is 5.50. The van der Waals surface area contributed by atoms with Crippen molar-refractivity contribution in [3.63, 3.8) is 0 Å². The highest BCUT2D eigenvalue weighted by Gasteiger charge is 2.45. The van der Waals surface area contributed by atoms with Crippen LogP contribution < -0.4 is 10.4 Å². The number of hydrogen-bond donors (Lipinski definition) is 0. The van der Waals surface area contributed by atoms with Gasteiger partial charge in [-0.15, -0.1) is 0 Å². The van der Waals surface area contributed by atoms with Crippen LogP contribution in [0.3, 0.4) is 0 Å². The number of hydrogen-bond acceptors (Lipinski definition) is 0. The fourth-order valence-corrected chi connectivity index (χ4v) is 10.7. The average Bonchev–Trinajstić information content (AvgIpc) is 2.73. The van der Waals surface area contributed by atoms with Crippen molar-refractivity contribution < 1.29 is 0 Å². The average molecular weight is 369 g/mol. The Bertz CT molecular complexity index is 876. The molecule has 136 valence electrons. The van der Waals surface area contributed by atoms with Crippen LogP contribution in [-0.2, 0) is 0 Å². The maximum absolute atomic E-state index is 2.44. The molecule has 0 radical (unpaired) electrons. The molecular weight excluding hydrogens is 340 g/mol. The molecule has 0 bridgehead atoms. The molecule has 2 aliphatic rings. The van der Waals surface area contributed by atoms with Gasteiger partial charge < -0.3 is 0 Å². The second kappa shape index (κ2) is 7.70. The molecule has 4 rings (SSSR count). The van der Waals surface area contributed by atoms with E-state index in [1.54, 1.807) is 20.8 Å². The molecule has 0 aliphatic heterocycles. The summed E-state index contributed by atoms with van der Waals surface area (Å²) in [7, 11) is -2.22. The van der Waals surface area contributed by atoms with Crippen LogP contribution in [0, 0.1) is 13.8 Å². The molecule has 27 heavy (non-hydrogen) atoms. The smallest absolute Gasteiger partial charge is 0.0842 e. The molecule has 0 unspecified atom stereocenters. The topological polar surface area (TPSA) is 0 Å². The lowest BCUT2D eigenvalue weighted by atomic mass is 10.2. The minimum Gasteiger partial charge on any atom is -0.0842 e. The molecule has 2 aliphatic carbocycles. The largest absolute Gasteiger partial charge is 0.172 e. The molecule has 0 N–H and O–H groups in total. The summed E-state index contributed by atoms with van der Waals surface area (Å²) in [6, 6.07) is 18.3.